The lowest BCUT2D eigenvalue weighted by atomic mass is 9.90. The van der Waals surface area contributed by atoms with E-state index in [1.807, 2.05) is 19.1 Å². The highest BCUT2D eigenvalue weighted by molar-refractivity contribution is 5.30. The molecule has 0 aliphatic heterocycles. The van der Waals surface area contributed by atoms with Gasteiger partial charge in [0.15, 0.2) is 0 Å². The van der Waals surface area contributed by atoms with Gasteiger partial charge in [-0.3, -0.25) is 0 Å². The van der Waals surface area contributed by atoms with Gasteiger partial charge in [0.05, 0.1) is 12.1 Å². The van der Waals surface area contributed by atoms with Crippen molar-refractivity contribution < 1.29 is 5.11 Å². The summed E-state index contributed by atoms with van der Waals surface area (Å²) in [6, 6.07) is 8.11. The van der Waals surface area contributed by atoms with Gasteiger partial charge in [-0.1, -0.05) is 38.1 Å². The fourth-order valence-corrected chi connectivity index (χ4v) is 1.34. The van der Waals surface area contributed by atoms with Gasteiger partial charge in [0.2, 0.25) is 0 Å². The largest absolute Gasteiger partial charge is 0.394 e. The van der Waals surface area contributed by atoms with E-state index < -0.39 is 5.54 Å². The molecule has 0 aromatic heterocycles. The second-order valence-electron chi connectivity index (χ2n) is 4.36. The first kappa shape index (κ1) is 11.2. The van der Waals surface area contributed by atoms with E-state index in [9.17, 15) is 0 Å². The van der Waals surface area contributed by atoms with Crippen molar-refractivity contribution in [1.29, 1.82) is 0 Å². The standard InChI is InChI=1S/C12H19NO/c1-9(2)10-5-4-6-11(7-10)12(3,13)8-14/h4-7,9,14H,8,13H2,1-3H3. The number of rotatable bonds is 3. The van der Waals surface area contributed by atoms with Crippen LogP contribution in [0.2, 0.25) is 0 Å². The Hall–Kier alpha value is -0.860. The second kappa shape index (κ2) is 4.11. The Morgan fingerprint density at radius 3 is 2.57 bits per heavy atom. The second-order valence-corrected chi connectivity index (χ2v) is 4.36. The molecule has 0 fully saturated rings. The van der Waals surface area contributed by atoms with Crippen molar-refractivity contribution >= 4 is 0 Å². The maximum absolute atomic E-state index is 9.15. The van der Waals surface area contributed by atoms with E-state index in [1.165, 1.54) is 5.56 Å². The summed E-state index contributed by atoms with van der Waals surface area (Å²) in [5.74, 6) is 0.490. The van der Waals surface area contributed by atoms with Gasteiger partial charge in [-0.25, -0.2) is 0 Å². The summed E-state index contributed by atoms with van der Waals surface area (Å²) in [5.41, 5.74) is 7.57. The molecule has 3 N–H and O–H groups in total. The van der Waals surface area contributed by atoms with E-state index in [1.54, 1.807) is 0 Å². The van der Waals surface area contributed by atoms with E-state index in [0.29, 0.717) is 5.92 Å². The minimum Gasteiger partial charge on any atom is -0.394 e. The Morgan fingerprint density at radius 1 is 1.43 bits per heavy atom. The van der Waals surface area contributed by atoms with Crippen molar-refractivity contribution in [1.82, 2.24) is 0 Å². The zero-order chi connectivity index (χ0) is 10.8. The Labute approximate surface area is 85.8 Å². The van der Waals surface area contributed by atoms with Crippen molar-refractivity contribution in [2.24, 2.45) is 5.73 Å². The molecule has 0 saturated heterocycles. The highest BCUT2D eigenvalue weighted by Crippen LogP contribution is 2.22. The molecule has 0 heterocycles. The Bertz CT molecular complexity index is 305. The van der Waals surface area contributed by atoms with Gasteiger partial charge in [-0.15, -0.1) is 0 Å². The zero-order valence-corrected chi connectivity index (χ0v) is 9.12. The van der Waals surface area contributed by atoms with Crippen LogP contribution in [0, 0.1) is 0 Å². The predicted octanol–water partition coefficient (Wildman–Crippen LogP) is 1.98. The van der Waals surface area contributed by atoms with Crippen molar-refractivity contribution in [3.63, 3.8) is 0 Å². The average molecular weight is 193 g/mol. The fraction of sp³-hybridized carbons (Fsp3) is 0.500. The summed E-state index contributed by atoms with van der Waals surface area (Å²) in [4.78, 5) is 0. The smallest absolute Gasteiger partial charge is 0.0650 e. The topological polar surface area (TPSA) is 46.2 Å². The van der Waals surface area contributed by atoms with Crippen LogP contribution in [0.15, 0.2) is 24.3 Å². The first-order valence-electron chi connectivity index (χ1n) is 4.97. The molecule has 78 valence electrons. The number of aliphatic hydroxyl groups is 1. The normalized spacial score (nSPS) is 15.6. The van der Waals surface area contributed by atoms with Crippen molar-refractivity contribution in [3.8, 4) is 0 Å². The lowest BCUT2D eigenvalue weighted by Crippen LogP contribution is -2.36. The van der Waals surface area contributed by atoms with Crippen LogP contribution in [-0.4, -0.2) is 11.7 Å². The molecule has 2 heteroatoms. The van der Waals surface area contributed by atoms with Gasteiger partial charge >= 0.3 is 0 Å². The number of hydrogen-bond acceptors (Lipinski definition) is 2. The molecule has 0 bridgehead atoms. The summed E-state index contributed by atoms with van der Waals surface area (Å²) in [5, 5.41) is 9.15. The minimum atomic E-state index is -0.634. The quantitative estimate of drug-likeness (QED) is 0.771. The van der Waals surface area contributed by atoms with Gasteiger partial charge < -0.3 is 10.8 Å². The number of aliphatic hydroxyl groups excluding tert-OH is 1. The van der Waals surface area contributed by atoms with E-state index in [-0.39, 0.29) is 6.61 Å². The first-order chi connectivity index (χ1) is 6.47. The molecule has 1 atom stereocenters. The summed E-state index contributed by atoms with van der Waals surface area (Å²) in [6.07, 6.45) is 0. The highest BCUT2D eigenvalue weighted by Gasteiger charge is 2.20. The van der Waals surface area contributed by atoms with Crippen LogP contribution in [0.4, 0.5) is 0 Å². The zero-order valence-electron chi connectivity index (χ0n) is 9.12. The SMILES string of the molecule is CC(C)c1cccc(C(C)(N)CO)c1. The molecule has 1 unspecified atom stereocenters. The molecular formula is C12H19NO. The molecule has 0 spiro atoms. The summed E-state index contributed by atoms with van der Waals surface area (Å²) in [7, 11) is 0. The van der Waals surface area contributed by atoms with E-state index in [0.717, 1.165) is 5.56 Å². The molecule has 14 heavy (non-hydrogen) atoms. The summed E-state index contributed by atoms with van der Waals surface area (Å²) in [6.45, 7) is 6.10. The van der Waals surface area contributed by atoms with E-state index >= 15 is 0 Å². The van der Waals surface area contributed by atoms with Crippen molar-refractivity contribution in [2.45, 2.75) is 32.2 Å². The van der Waals surface area contributed by atoms with Crippen molar-refractivity contribution in [2.75, 3.05) is 6.61 Å². The highest BCUT2D eigenvalue weighted by atomic mass is 16.3. The van der Waals surface area contributed by atoms with Crippen LogP contribution in [0.5, 0.6) is 0 Å². The molecule has 2 nitrogen and oxygen atoms in total. The molecule has 0 radical (unpaired) electrons. The Balaban J connectivity index is 3.05. The third kappa shape index (κ3) is 2.34. The maximum atomic E-state index is 9.15. The van der Waals surface area contributed by atoms with Crippen molar-refractivity contribution in [3.05, 3.63) is 35.4 Å². The summed E-state index contributed by atoms with van der Waals surface area (Å²) >= 11 is 0. The molecule has 1 aromatic carbocycles. The third-order valence-electron chi connectivity index (χ3n) is 2.54. The van der Waals surface area contributed by atoms with Gasteiger partial charge in [0.25, 0.3) is 0 Å². The van der Waals surface area contributed by atoms with Crippen LogP contribution < -0.4 is 5.73 Å². The monoisotopic (exact) mass is 193 g/mol. The van der Waals surface area contributed by atoms with Gasteiger partial charge in [-0.2, -0.15) is 0 Å². The third-order valence-corrected chi connectivity index (χ3v) is 2.54. The van der Waals surface area contributed by atoms with Crippen LogP contribution in [0.25, 0.3) is 0 Å². The Kier molecular flexibility index (Phi) is 3.29. The van der Waals surface area contributed by atoms with Gasteiger partial charge in [0, 0.05) is 0 Å². The maximum Gasteiger partial charge on any atom is 0.0650 e. The lowest BCUT2D eigenvalue weighted by molar-refractivity contribution is 0.210. The van der Waals surface area contributed by atoms with E-state index in [4.69, 9.17) is 10.8 Å². The molecule has 1 rings (SSSR count). The van der Waals surface area contributed by atoms with Gasteiger partial charge in [0.1, 0.15) is 0 Å². The van der Waals surface area contributed by atoms with E-state index in [2.05, 4.69) is 26.0 Å². The molecule has 0 saturated carbocycles. The molecule has 1 aromatic rings. The van der Waals surface area contributed by atoms with Crippen LogP contribution in [0.1, 0.15) is 37.8 Å². The molecule has 0 aliphatic rings. The molecule has 0 amide bonds. The minimum absolute atomic E-state index is 0.0332. The fourth-order valence-electron chi connectivity index (χ4n) is 1.34. The lowest BCUT2D eigenvalue weighted by Gasteiger charge is -2.23. The molecule has 0 aliphatic carbocycles. The number of benzene rings is 1. The van der Waals surface area contributed by atoms with Gasteiger partial charge in [-0.05, 0) is 24.0 Å². The van der Waals surface area contributed by atoms with Crippen LogP contribution in [0.3, 0.4) is 0 Å². The first-order valence-corrected chi connectivity index (χ1v) is 4.97. The average Bonchev–Trinajstić information content (AvgIpc) is 2.18. The molecular weight excluding hydrogens is 174 g/mol. The van der Waals surface area contributed by atoms with Crippen LogP contribution >= 0.6 is 0 Å². The van der Waals surface area contributed by atoms with Crippen LogP contribution in [-0.2, 0) is 5.54 Å². The predicted molar refractivity (Wildman–Crippen MR) is 59.2 cm³/mol. The number of nitrogens with two attached hydrogens (primary N) is 1. The summed E-state index contributed by atoms with van der Waals surface area (Å²) < 4.78 is 0. The Morgan fingerprint density at radius 2 is 2.07 bits per heavy atom. The number of hydrogen-bond donors (Lipinski definition) is 2.